The predicted octanol–water partition coefficient (Wildman–Crippen LogP) is 4.24. The molecule has 37 heavy (non-hydrogen) atoms. The van der Waals surface area contributed by atoms with Gasteiger partial charge in [-0.05, 0) is 19.8 Å². The van der Waals surface area contributed by atoms with Crippen LogP contribution < -0.4 is 0 Å². The molecule has 0 N–H and O–H groups in total. The molecular weight excluding hydrogens is 480 g/mol. The molecule has 0 aromatic carbocycles. The third-order valence-electron chi connectivity index (χ3n) is 5.48. The Morgan fingerprint density at radius 1 is 0.378 bits per heavy atom. The molecule has 9 nitrogen and oxygen atoms in total. The summed E-state index contributed by atoms with van der Waals surface area (Å²) in [7, 11) is 1.65. The average molecular weight is 537 g/mol. The summed E-state index contributed by atoms with van der Waals surface area (Å²) in [6.07, 6.45) is 11.8. The Kier molecular flexibility index (Phi) is 32.8. The molecule has 0 saturated heterocycles. The van der Waals surface area contributed by atoms with Crippen LogP contribution in [-0.4, -0.2) is 112 Å². The van der Waals surface area contributed by atoms with Crippen LogP contribution in [0.1, 0.15) is 71.1 Å². The molecule has 0 aromatic heterocycles. The number of hydrogen-bond donors (Lipinski definition) is 0. The van der Waals surface area contributed by atoms with Gasteiger partial charge in [-0.3, -0.25) is 0 Å². The Labute approximate surface area is 226 Å². The monoisotopic (exact) mass is 536 g/mol. The van der Waals surface area contributed by atoms with Crippen LogP contribution in [0.2, 0.25) is 0 Å². The van der Waals surface area contributed by atoms with Crippen molar-refractivity contribution in [1.82, 2.24) is 0 Å². The fraction of sp³-hybridized carbons (Fsp3) is 0.964. The second-order valence-electron chi connectivity index (χ2n) is 8.91. The maximum Gasteiger partial charge on any atom is 0.129 e. The maximum absolute atomic E-state index is 10.9. The van der Waals surface area contributed by atoms with E-state index in [1.54, 1.807) is 14.0 Å². The van der Waals surface area contributed by atoms with Gasteiger partial charge in [-0.2, -0.15) is 0 Å². The molecule has 0 unspecified atom stereocenters. The Morgan fingerprint density at radius 3 is 0.973 bits per heavy atom. The lowest BCUT2D eigenvalue weighted by Gasteiger charge is -2.08. The van der Waals surface area contributed by atoms with Crippen LogP contribution in [0, 0.1) is 0 Å². The third-order valence-corrected chi connectivity index (χ3v) is 5.48. The van der Waals surface area contributed by atoms with Gasteiger partial charge in [0.15, 0.2) is 0 Å². The van der Waals surface area contributed by atoms with E-state index in [1.165, 1.54) is 44.9 Å². The van der Waals surface area contributed by atoms with Gasteiger partial charge in [0.1, 0.15) is 5.78 Å². The fourth-order valence-corrected chi connectivity index (χ4v) is 3.38. The molecule has 0 bridgehead atoms. The van der Waals surface area contributed by atoms with Crippen molar-refractivity contribution in [1.29, 1.82) is 0 Å². The smallest absolute Gasteiger partial charge is 0.129 e. The van der Waals surface area contributed by atoms with Gasteiger partial charge in [0.25, 0.3) is 0 Å². The van der Waals surface area contributed by atoms with Crippen molar-refractivity contribution in [2.45, 2.75) is 71.1 Å². The minimum Gasteiger partial charge on any atom is -0.382 e. The topological polar surface area (TPSA) is 90.9 Å². The lowest BCUT2D eigenvalue weighted by Crippen LogP contribution is -2.14. The zero-order valence-electron chi connectivity index (χ0n) is 23.9. The first-order valence-corrected chi connectivity index (χ1v) is 14.3. The molecule has 0 aliphatic heterocycles. The number of ketones is 1. The van der Waals surface area contributed by atoms with Gasteiger partial charge in [-0.1, -0.05) is 44.9 Å². The van der Waals surface area contributed by atoms with E-state index in [0.29, 0.717) is 98.3 Å². The number of hydrogen-bond acceptors (Lipinski definition) is 9. The van der Waals surface area contributed by atoms with Crippen molar-refractivity contribution in [3.8, 4) is 0 Å². The molecule has 0 aliphatic carbocycles. The van der Waals surface area contributed by atoms with Crippen LogP contribution in [0.25, 0.3) is 0 Å². The number of carbonyl (C=O) groups is 1. The summed E-state index contributed by atoms with van der Waals surface area (Å²) < 4.78 is 43.1. The molecule has 0 fully saturated rings. The fourth-order valence-electron chi connectivity index (χ4n) is 3.38. The zero-order chi connectivity index (χ0) is 26.9. The summed E-state index contributed by atoms with van der Waals surface area (Å²) in [6, 6.07) is 0. The summed E-state index contributed by atoms with van der Waals surface area (Å²) in [6.45, 7) is 10.4. The van der Waals surface area contributed by atoms with Crippen molar-refractivity contribution in [2.24, 2.45) is 0 Å². The number of rotatable bonds is 33. The number of methoxy groups -OCH3 is 1. The lowest BCUT2D eigenvalue weighted by atomic mass is 10.1. The third kappa shape index (κ3) is 35.4. The molecule has 222 valence electrons. The van der Waals surface area contributed by atoms with Crippen LogP contribution in [0.5, 0.6) is 0 Å². The van der Waals surface area contributed by atoms with Crippen molar-refractivity contribution < 1.29 is 42.7 Å². The number of Topliss-reactive ketones (excluding diaryl/α,β-unsaturated/α-hetero) is 1. The highest BCUT2D eigenvalue weighted by molar-refractivity contribution is 5.75. The van der Waals surface area contributed by atoms with Crippen molar-refractivity contribution in [2.75, 3.05) is 106 Å². The minimum atomic E-state index is 0.314. The highest BCUT2D eigenvalue weighted by atomic mass is 16.6. The molecule has 0 amide bonds. The van der Waals surface area contributed by atoms with Gasteiger partial charge >= 0.3 is 0 Å². The Balaban J connectivity index is 3.02. The van der Waals surface area contributed by atoms with Gasteiger partial charge in [-0.15, -0.1) is 0 Å². The highest BCUT2D eigenvalue weighted by Gasteiger charge is 1.97. The normalized spacial score (nSPS) is 11.4. The molecule has 9 heteroatoms. The standard InChI is InChI=1S/C28H56O9/c1-28(29)12-10-8-6-4-3-5-7-9-11-13-31-16-17-33-20-21-35-24-25-37-27-26-36-23-22-34-19-18-32-15-14-30-2/h3-27H2,1-2H3. The van der Waals surface area contributed by atoms with Crippen molar-refractivity contribution >= 4 is 5.78 Å². The van der Waals surface area contributed by atoms with Gasteiger partial charge in [0, 0.05) is 20.1 Å². The second-order valence-corrected chi connectivity index (χ2v) is 8.91. The van der Waals surface area contributed by atoms with E-state index in [-0.39, 0.29) is 0 Å². The average Bonchev–Trinajstić information content (AvgIpc) is 2.89. The van der Waals surface area contributed by atoms with E-state index >= 15 is 0 Å². The molecule has 0 spiro atoms. The molecule has 0 aliphatic rings. The zero-order valence-corrected chi connectivity index (χ0v) is 23.9. The number of carbonyl (C=O) groups excluding carboxylic acids is 1. The van der Waals surface area contributed by atoms with Crippen LogP contribution in [-0.2, 0) is 42.7 Å². The van der Waals surface area contributed by atoms with Crippen LogP contribution >= 0.6 is 0 Å². The Hall–Kier alpha value is -0.650. The molecule has 0 heterocycles. The molecular formula is C28H56O9. The number of unbranched alkanes of at least 4 members (excludes halogenated alkanes) is 8. The van der Waals surface area contributed by atoms with Gasteiger partial charge in [0.05, 0.1) is 92.5 Å². The van der Waals surface area contributed by atoms with E-state index in [9.17, 15) is 4.79 Å². The van der Waals surface area contributed by atoms with E-state index in [2.05, 4.69) is 0 Å². The second kappa shape index (κ2) is 33.4. The molecule has 0 rings (SSSR count). The lowest BCUT2D eigenvalue weighted by molar-refractivity contribution is -0.117. The van der Waals surface area contributed by atoms with Gasteiger partial charge < -0.3 is 42.7 Å². The van der Waals surface area contributed by atoms with Crippen LogP contribution in [0.3, 0.4) is 0 Å². The molecule has 0 radical (unpaired) electrons. The molecule has 0 aromatic rings. The van der Waals surface area contributed by atoms with E-state index in [1.807, 2.05) is 0 Å². The summed E-state index contributed by atoms with van der Waals surface area (Å²) in [5, 5.41) is 0. The van der Waals surface area contributed by atoms with Crippen molar-refractivity contribution in [3.63, 3.8) is 0 Å². The summed E-state index contributed by atoms with van der Waals surface area (Å²) in [4.78, 5) is 10.9. The van der Waals surface area contributed by atoms with E-state index in [4.69, 9.17) is 37.9 Å². The summed E-state index contributed by atoms with van der Waals surface area (Å²) in [5.74, 6) is 0.314. The first-order chi connectivity index (χ1) is 18.3. The first kappa shape index (κ1) is 36.4. The summed E-state index contributed by atoms with van der Waals surface area (Å²) >= 11 is 0. The predicted molar refractivity (Wildman–Crippen MR) is 144 cm³/mol. The minimum absolute atomic E-state index is 0.314. The van der Waals surface area contributed by atoms with Gasteiger partial charge in [0.2, 0.25) is 0 Å². The molecule has 0 atom stereocenters. The maximum atomic E-state index is 10.9. The van der Waals surface area contributed by atoms with Crippen LogP contribution in [0.15, 0.2) is 0 Å². The summed E-state index contributed by atoms with van der Waals surface area (Å²) in [5.41, 5.74) is 0. The van der Waals surface area contributed by atoms with Crippen LogP contribution in [0.4, 0.5) is 0 Å². The van der Waals surface area contributed by atoms with Gasteiger partial charge in [-0.25, -0.2) is 0 Å². The highest BCUT2D eigenvalue weighted by Crippen LogP contribution is 2.10. The Morgan fingerprint density at radius 2 is 0.649 bits per heavy atom. The van der Waals surface area contributed by atoms with E-state index < -0.39 is 0 Å². The largest absolute Gasteiger partial charge is 0.382 e. The quantitative estimate of drug-likeness (QED) is 0.114. The Bertz CT molecular complexity index is 438. The number of ether oxygens (including phenoxy) is 8. The first-order valence-electron chi connectivity index (χ1n) is 14.3. The van der Waals surface area contributed by atoms with E-state index in [0.717, 1.165) is 25.9 Å². The molecule has 0 saturated carbocycles. The van der Waals surface area contributed by atoms with Crippen molar-refractivity contribution in [3.05, 3.63) is 0 Å². The SMILES string of the molecule is COCCOCCOCCOCCOCCOCCOCCOCCCCCCCCCCCC(C)=O.